The van der Waals surface area contributed by atoms with Crippen LogP contribution in [0.1, 0.15) is 34.8 Å². The molecule has 3 rings (SSSR count). The molecule has 23 heavy (non-hydrogen) atoms. The van der Waals surface area contributed by atoms with E-state index >= 15 is 0 Å². The largest absolute Gasteiger partial charge is 0.347 e. The summed E-state index contributed by atoms with van der Waals surface area (Å²) in [6.07, 6.45) is 5.42. The van der Waals surface area contributed by atoms with Gasteiger partial charge in [0.05, 0.1) is 0 Å². The first-order chi connectivity index (χ1) is 11.2. The van der Waals surface area contributed by atoms with Crippen LogP contribution in [-0.4, -0.2) is 34.9 Å². The molecule has 0 fully saturated rings. The van der Waals surface area contributed by atoms with Gasteiger partial charge in [-0.1, -0.05) is 30.4 Å². The van der Waals surface area contributed by atoms with E-state index in [9.17, 15) is 4.79 Å². The molecule has 0 N–H and O–H groups in total. The number of hydrogen-bond acceptors (Lipinski definition) is 2. The number of hydrogen-bond donors (Lipinski definition) is 0. The van der Waals surface area contributed by atoms with Crippen molar-refractivity contribution in [2.24, 2.45) is 7.05 Å². The van der Waals surface area contributed by atoms with Gasteiger partial charge in [0, 0.05) is 61.2 Å². The van der Waals surface area contributed by atoms with E-state index in [4.69, 9.17) is 0 Å². The van der Waals surface area contributed by atoms with Crippen LogP contribution in [0.5, 0.6) is 0 Å². The first-order valence-electron chi connectivity index (χ1n) is 8.22. The summed E-state index contributed by atoms with van der Waals surface area (Å²) in [5.74, 6) is 0.659. The Labute approximate surface area is 137 Å². The Morgan fingerprint density at radius 1 is 1.26 bits per heavy atom. The Morgan fingerprint density at radius 3 is 2.65 bits per heavy atom. The predicted octanol–water partition coefficient (Wildman–Crippen LogP) is 3.91. The number of carbonyl (C=O) groups excluding carboxylic acids is 1. The van der Waals surface area contributed by atoms with Gasteiger partial charge in [0.2, 0.25) is 0 Å². The minimum Gasteiger partial charge on any atom is -0.347 e. The third kappa shape index (κ3) is 2.77. The van der Waals surface area contributed by atoms with E-state index in [1.54, 1.807) is 0 Å². The molecule has 1 aliphatic rings. The van der Waals surface area contributed by atoms with E-state index in [2.05, 4.69) is 41.8 Å². The molecule has 0 radical (unpaired) electrons. The average Bonchev–Trinajstić information content (AvgIpc) is 2.85. The van der Waals surface area contributed by atoms with E-state index in [0.717, 1.165) is 42.5 Å². The minimum atomic E-state index is 0.284. The van der Waals surface area contributed by atoms with Crippen molar-refractivity contribution in [2.45, 2.75) is 18.8 Å². The zero-order chi connectivity index (χ0) is 16.4. The van der Waals surface area contributed by atoms with Crippen molar-refractivity contribution < 1.29 is 4.79 Å². The van der Waals surface area contributed by atoms with Gasteiger partial charge < -0.3 is 4.57 Å². The molecule has 1 unspecified atom stereocenters. The number of carbonyl (C=O) groups is 1. The van der Waals surface area contributed by atoms with Crippen LogP contribution >= 0.6 is 0 Å². The van der Waals surface area contributed by atoms with Crippen LogP contribution in [0.15, 0.2) is 49.6 Å². The van der Waals surface area contributed by atoms with Crippen molar-refractivity contribution in [1.29, 1.82) is 0 Å². The van der Waals surface area contributed by atoms with E-state index < -0.39 is 0 Å². The van der Waals surface area contributed by atoms with Crippen molar-refractivity contribution in [1.82, 2.24) is 9.47 Å². The summed E-state index contributed by atoms with van der Waals surface area (Å²) < 4.78 is 2.21. The number of para-hydroxylation sites is 1. The second-order valence-electron chi connectivity index (χ2n) is 6.29. The molecule has 3 heteroatoms. The Bertz CT molecular complexity index is 746. The van der Waals surface area contributed by atoms with Gasteiger partial charge in [0.1, 0.15) is 0 Å². The summed E-state index contributed by atoms with van der Waals surface area (Å²) in [5, 5.41) is 1.10. The lowest BCUT2D eigenvalue weighted by Crippen LogP contribution is -2.32. The summed E-state index contributed by atoms with van der Waals surface area (Å²) in [4.78, 5) is 14.9. The molecule has 0 spiro atoms. The number of fused-ring (bicyclic) bond motifs is 3. The lowest BCUT2D eigenvalue weighted by Gasteiger charge is -2.29. The van der Waals surface area contributed by atoms with Crippen LogP contribution < -0.4 is 0 Å². The monoisotopic (exact) mass is 308 g/mol. The summed E-state index contributed by atoms with van der Waals surface area (Å²) in [5.41, 5.74) is 3.29. The quantitative estimate of drug-likeness (QED) is 0.756. The number of aromatic nitrogens is 1. The molecule has 3 nitrogen and oxygen atoms in total. The molecule has 0 aliphatic heterocycles. The van der Waals surface area contributed by atoms with Gasteiger partial charge in [-0.05, 0) is 12.5 Å². The van der Waals surface area contributed by atoms with Crippen LogP contribution in [-0.2, 0) is 7.05 Å². The number of nitrogens with zero attached hydrogens (tertiary/aromatic N) is 2. The van der Waals surface area contributed by atoms with Gasteiger partial charge >= 0.3 is 0 Å². The van der Waals surface area contributed by atoms with Crippen molar-refractivity contribution in [2.75, 3.05) is 19.6 Å². The van der Waals surface area contributed by atoms with Crippen molar-refractivity contribution >= 4 is 16.7 Å². The van der Waals surface area contributed by atoms with Crippen LogP contribution in [0.2, 0.25) is 0 Å². The van der Waals surface area contributed by atoms with E-state index in [1.165, 1.54) is 5.69 Å². The van der Waals surface area contributed by atoms with Gasteiger partial charge in [-0.2, -0.15) is 0 Å². The third-order valence-corrected chi connectivity index (χ3v) is 4.79. The number of benzene rings is 1. The maximum absolute atomic E-state index is 12.5. The lowest BCUT2D eigenvalue weighted by molar-refractivity contribution is 0.0963. The molecular weight excluding hydrogens is 284 g/mol. The molecule has 1 aliphatic carbocycles. The minimum absolute atomic E-state index is 0.284. The molecule has 0 saturated heterocycles. The average molecular weight is 308 g/mol. The lowest BCUT2D eigenvalue weighted by atomic mass is 9.85. The van der Waals surface area contributed by atoms with Gasteiger partial charge in [0.15, 0.2) is 5.78 Å². The highest BCUT2D eigenvalue weighted by Crippen LogP contribution is 2.38. The highest BCUT2D eigenvalue weighted by molar-refractivity contribution is 6.10. The smallest absolute Gasteiger partial charge is 0.165 e. The van der Waals surface area contributed by atoms with Gasteiger partial charge in [0.25, 0.3) is 0 Å². The Morgan fingerprint density at radius 2 is 1.96 bits per heavy atom. The highest BCUT2D eigenvalue weighted by atomic mass is 16.1. The molecule has 0 amide bonds. The molecule has 0 bridgehead atoms. The summed E-state index contributed by atoms with van der Waals surface area (Å²) in [7, 11) is 2.08. The fraction of sp³-hybridized carbons (Fsp3) is 0.350. The molecule has 1 heterocycles. The third-order valence-electron chi connectivity index (χ3n) is 4.79. The van der Waals surface area contributed by atoms with Crippen molar-refractivity contribution in [3.05, 3.63) is 60.8 Å². The maximum atomic E-state index is 12.5. The van der Waals surface area contributed by atoms with Crippen molar-refractivity contribution in [3.8, 4) is 0 Å². The van der Waals surface area contributed by atoms with Crippen LogP contribution in [0.25, 0.3) is 10.9 Å². The molecular formula is C20H24N2O. The highest BCUT2D eigenvalue weighted by Gasteiger charge is 2.32. The summed E-state index contributed by atoms with van der Waals surface area (Å²) >= 11 is 0. The topological polar surface area (TPSA) is 25.2 Å². The first-order valence-corrected chi connectivity index (χ1v) is 8.22. The van der Waals surface area contributed by atoms with Crippen LogP contribution in [0.3, 0.4) is 0 Å². The molecule has 2 aromatic rings. The molecule has 1 aromatic heterocycles. The normalized spacial score (nSPS) is 17.5. The zero-order valence-electron chi connectivity index (χ0n) is 13.8. The number of rotatable bonds is 6. The second kappa shape index (κ2) is 6.55. The van der Waals surface area contributed by atoms with E-state index in [1.807, 2.05) is 24.3 Å². The van der Waals surface area contributed by atoms with Gasteiger partial charge in [-0.15, -0.1) is 13.2 Å². The molecule has 0 saturated carbocycles. The standard InChI is InChI=1S/C20H24N2O/c1-4-12-22(13-5-2)14-15-10-11-18(23)19-16-8-6-7-9-17(16)21(3)20(15)19/h4-9,15H,1-2,10-14H2,3H3. The number of Topliss-reactive ketones (excluding diaryl/α,β-unsaturated/α-hetero) is 1. The molecule has 120 valence electrons. The zero-order valence-corrected chi connectivity index (χ0v) is 13.8. The Kier molecular flexibility index (Phi) is 4.49. The fourth-order valence-corrected chi connectivity index (χ4v) is 3.83. The van der Waals surface area contributed by atoms with Gasteiger partial charge in [-0.3, -0.25) is 9.69 Å². The molecule has 1 atom stereocenters. The number of ketones is 1. The van der Waals surface area contributed by atoms with E-state index in [0.29, 0.717) is 12.3 Å². The van der Waals surface area contributed by atoms with Gasteiger partial charge in [-0.25, -0.2) is 0 Å². The van der Waals surface area contributed by atoms with E-state index in [-0.39, 0.29) is 5.78 Å². The fourth-order valence-electron chi connectivity index (χ4n) is 3.83. The number of aryl methyl sites for hydroxylation is 1. The predicted molar refractivity (Wildman–Crippen MR) is 96.1 cm³/mol. The second-order valence-corrected chi connectivity index (χ2v) is 6.29. The molecule has 1 aromatic carbocycles. The Hall–Kier alpha value is -2.13. The van der Waals surface area contributed by atoms with Crippen LogP contribution in [0.4, 0.5) is 0 Å². The first kappa shape index (κ1) is 15.8. The van der Waals surface area contributed by atoms with Crippen LogP contribution in [0, 0.1) is 0 Å². The SMILES string of the molecule is C=CCN(CC=C)CC1CCC(=O)c2c1n(C)c1ccccc21. The maximum Gasteiger partial charge on any atom is 0.165 e. The summed E-state index contributed by atoms with van der Waals surface area (Å²) in [6, 6.07) is 8.22. The summed E-state index contributed by atoms with van der Waals surface area (Å²) in [6.45, 7) is 10.3. The Balaban J connectivity index is 2.03. The van der Waals surface area contributed by atoms with Crippen molar-refractivity contribution in [3.63, 3.8) is 0 Å².